The van der Waals surface area contributed by atoms with Gasteiger partial charge in [-0.2, -0.15) is 0 Å². The molecule has 0 amide bonds. The molecule has 1 fully saturated rings. The molecule has 1 saturated carbocycles. The molecule has 0 aromatic carbocycles. The number of hydrogen-bond donors (Lipinski definition) is 1. The molecule has 17 heavy (non-hydrogen) atoms. The number of ether oxygens (including phenoxy) is 1. The smallest absolute Gasteiger partial charge is 0.0830 e. The summed E-state index contributed by atoms with van der Waals surface area (Å²) in [5.74, 6) is 0. The quantitative estimate of drug-likeness (QED) is 0.764. The van der Waals surface area contributed by atoms with Crippen molar-refractivity contribution in [3.8, 4) is 0 Å². The molecule has 1 unspecified atom stereocenters. The SMILES string of the molecule is CCNC(CCC(C)(C)C)C1(OC)CCCC1. The summed E-state index contributed by atoms with van der Waals surface area (Å²) in [6.07, 6.45) is 7.59. The van der Waals surface area contributed by atoms with Crippen LogP contribution < -0.4 is 5.32 Å². The van der Waals surface area contributed by atoms with Gasteiger partial charge in [0.1, 0.15) is 0 Å². The molecule has 0 radical (unpaired) electrons. The Morgan fingerprint density at radius 1 is 1.24 bits per heavy atom. The van der Waals surface area contributed by atoms with Crippen molar-refractivity contribution < 1.29 is 4.74 Å². The summed E-state index contributed by atoms with van der Waals surface area (Å²) in [7, 11) is 1.90. The van der Waals surface area contributed by atoms with Crippen LogP contribution in [0.15, 0.2) is 0 Å². The van der Waals surface area contributed by atoms with Crippen LogP contribution >= 0.6 is 0 Å². The van der Waals surface area contributed by atoms with E-state index >= 15 is 0 Å². The van der Waals surface area contributed by atoms with E-state index in [0.29, 0.717) is 11.5 Å². The monoisotopic (exact) mass is 241 g/mol. The fourth-order valence-corrected chi connectivity index (χ4v) is 3.04. The lowest BCUT2D eigenvalue weighted by atomic mass is 9.82. The number of rotatable bonds is 6. The highest BCUT2D eigenvalue weighted by Gasteiger charge is 2.41. The number of hydrogen-bond acceptors (Lipinski definition) is 2. The molecular formula is C15H31NO. The Balaban J connectivity index is 2.63. The van der Waals surface area contributed by atoms with Gasteiger partial charge in [0.15, 0.2) is 0 Å². The molecule has 1 N–H and O–H groups in total. The van der Waals surface area contributed by atoms with Crippen LogP contribution in [0.5, 0.6) is 0 Å². The van der Waals surface area contributed by atoms with Crippen LogP contribution in [0.25, 0.3) is 0 Å². The zero-order valence-corrected chi connectivity index (χ0v) is 12.4. The topological polar surface area (TPSA) is 21.3 Å². The van der Waals surface area contributed by atoms with Gasteiger partial charge in [-0.3, -0.25) is 0 Å². The van der Waals surface area contributed by atoms with Crippen molar-refractivity contribution in [3.05, 3.63) is 0 Å². The second-order valence-corrected chi connectivity index (χ2v) is 6.69. The summed E-state index contributed by atoms with van der Waals surface area (Å²) in [6, 6.07) is 0.527. The second kappa shape index (κ2) is 6.19. The summed E-state index contributed by atoms with van der Waals surface area (Å²) < 4.78 is 5.92. The third-order valence-electron chi connectivity index (χ3n) is 4.13. The second-order valence-electron chi connectivity index (χ2n) is 6.69. The first-order chi connectivity index (χ1) is 7.93. The molecule has 1 aliphatic rings. The first kappa shape index (κ1) is 15.0. The highest BCUT2D eigenvalue weighted by molar-refractivity contribution is 4.97. The zero-order chi connectivity index (χ0) is 12.9. The standard InChI is InChI=1S/C15H31NO/c1-6-16-13(9-12-14(2,3)4)15(17-5)10-7-8-11-15/h13,16H,6-12H2,1-5H3. The van der Waals surface area contributed by atoms with Crippen LogP contribution in [0.2, 0.25) is 0 Å². The molecule has 102 valence electrons. The number of methoxy groups -OCH3 is 1. The van der Waals surface area contributed by atoms with Crippen LogP contribution in [0.3, 0.4) is 0 Å². The van der Waals surface area contributed by atoms with Gasteiger partial charge in [0.25, 0.3) is 0 Å². The lowest BCUT2D eigenvalue weighted by Crippen LogP contribution is -2.50. The molecule has 0 bridgehead atoms. The largest absolute Gasteiger partial charge is 0.377 e. The number of nitrogens with one attached hydrogen (secondary N) is 1. The molecule has 1 rings (SSSR count). The summed E-state index contributed by atoms with van der Waals surface area (Å²) in [5, 5.41) is 3.66. The minimum atomic E-state index is 0.112. The van der Waals surface area contributed by atoms with Gasteiger partial charge < -0.3 is 10.1 Å². The van der Waals surface area contributed by atoms with Gasteiger partial charge in [-0.05, 0) is 37.6 Å². The lowest BCUT2D eigenvalue weighted by Gasteiger charge is -2.38. The molecule has 0 aromatic rings. The minimum Gasteiger partial charge on any atom is -0.377 e. The highest BCUT2D eigenvalue weighted by Crippen LogP contribution is 2.38. The first-order valence-corrected chi connectivity index (χ1v) is 7.22. The Labute approximate surface area is 108 Å². The van der Waals surface area contributed by atoms with Crippen LogP contribution in [0.4, 0.5) is 0 Å². The molecule has 2 nitrogen and oxygen atoms in total. The van der Waals surface area contributed by atoms with Crippen molar-refractivity contribution >= 4 is 0 Å². The Kier molecular flexibility index (Phi) is 5.46. The third-order valence-corrected chi connectivity index (χ3v) is 4.13. The normalized spacial score (nSPS) is 21.7. The Morgan fingerprint density at radius 3 is 2.24 bits per heavy atom. The van der Waals surface area contributed by atoms with Crippen LogP contribution in [0.1, 0.15) is 66.2 Å². The highest BCUT2D eigenvalue weighted by atomic mass is 16.5. The van der Waals surface area contributed by atoms with Crippen molar-refractivity contribution in [2.75, 3.05) is 13.7 Å². The van der Waals surface area contributed by atoms with E-state index in [4.69, 9.17) is 4.74 Å². The summed E-state index contributed by atoms with van der Waals surface area (Å²) in [4.78, 5) is 0. The average molecular weight is 241 g/mol. The molecule has 0 aromatic heterocycles. The van der Waals surface area contributed by atoms with E-state index in [9.17, 15) is 0 Å². The fourth-order valence-electron chi connectivity index (χ4n) is 3.04. The molecule has 0 aliphatic heterocycles. The van der Waals surface area contributed by atoms with Gasteiger partial charge in [0.05, 0.1) is 5.60 Å². The Bertz CT molecular complexity index is 213. The summed E-state index contributed by atoms with van der Waals surface area (Å²) in [6.45, 7) is 10.2. The maximum absolute atomic E-state index is 5.92. The summed E-state index contributed by atoms with van der Waals surface area (Å²) in [5.41, 5.74) is 0.530. The van der Waals surface area contributed by atoms with Crippen LogP contribution in [0, 0.1) is 5.41 Å². The van der Waals surface area contributed by atoms with E-state index in [0.717, 1.165) is 6.54 Å². The maximum atomic E-state index is 5.92. The minimum absolute atomic E-state index is 0.112. The van der Waals surface area contributed by atoms with E-state index < -0.39 is 0 Å². The van der Waals surface area contributed by atoms with Crippen molar-refractivity contribution in [3.63, 3.8) is 0 Å². The first-order valence-electron chi connectivity index (χ1n) is 7.22. The van der Waals surface area contributed by atoms with Crippen LogP contribution in [-0.4, -0.2) is 25.3 Å². The molecule has 1 atom stereocenters. The van der Waals surface area contributed by atoms with Crippen molar-refractivity contribution in [1.29, 1.82) is 0 Å². The van der Waals surface area contributed by atoms with E-state index in [1.165, 1.54) is 38.5 Å². The Morgan fingerprint density at radius 2 is 1.82 bits per heavy atom. The average Bonchev–Trinajstić information content (AvgIpc) is 2.72. The van der Waals surface area contributed by atoms with E-state index in [1.807, 2.05) is 7.11 Å². The fraction of sp³-hybridized carbons (Fsp3) is 1.00. The number of likely N-dealkylation sites (N-methyl/N-ethyl adjacent to an activating group) is 1. The van der Waals surface area contributed by atoms with Gasteiger partial charge in [-0.25, -0.2) is 0 Å². The van der Waals surface area contributed by atoms with E-state index in [2.05, 4.69) is 33.0 Å². The van der Waals surface area contributed by atoms with E-state index in [1.54, 1.807) is 0 Å². The molecule has 1 aliphatic carbocycles. The van der Waals surface area contributed by atoms with Gasteiger partial charge in [0, 0.05) is 13.2 Å². The van der Waals surface area contributed by atoms with Gasteiger partial charge >= 0.3 is 0 Å². The third kappa shape index (κ3) is 4.26. The zero-order valence-electron chi connectivity index (χ0n) is 12.4. The molecule has 0 saturated heterocycles. The van der Waals surface area contributed by atoms with Gasteiger partial charge in [-0.15, -0.1) is 0 Å². The molecule has 0 spiro atoms. The van der Waals surface area contributed by atoms with Crippen molar-refractivity contribution in [1.82, 2.24) is 5.32 Å². The lowest BCUT2D eigenvalue weighted by molar-refractivity contribution is -0.0396. The van der Waals surface area contributed by atoms with Gasteiger partial charge in [-0.1, -0.05) is 40.5 Å². The van der Waals surface area contributed by atoms with Crippen molar-refractivity contribution in [2.24, 2.45) is 5.41 Å². The molecule has 0 heterocycles. The summed E-state index contributed by atoms with van der Waals surface area (Å²) >= 11 is 0. The molecular weight excluding hydrogens is 210 g/mol. The maximum Gasteiger partial charge on any atom is 0.0830 e. The predicted octanol–water partition coefficient (Wildman–Crippen LogP) is 3.75. The molecule has 2 heteroatoms. The van der Waals surface area contributed by atoms with E-state index in [-0.39, 0.29) is 5.60 Å². The van der Waals surface area contributed by atoms with Crippen molar-refractivity contribution in [2.45, 2.75) is 77.9 Å². The van der Waals surface area contributed by atoms with Gasteiger partial charge in [0.2, 0.25) is 0 Å². The van der Waals surface area contributed by atoms with Crippen LogP contribution in [-0.2, 0) is 4.74 Å². The predicted molar refractivity (Wildman–Crippen MR) is 74.4 cm³/mol. The Hall–Kier alpha value is -0.0800.